The highest BCUT2D eigenvalue weighted by Gasteiger charge is 2.35. The van der Waals surface area contributed by atoms with E-state index >= 15 is 0 Å². The number of nitrogens with two attached hydrogens (primary N) is 1. The molecule has 1 saturated heterocycles. The first-order valence-corrected chi connectivity index (χ1v) is 8.24. The minimum absolute atomic E-state index is 0. The van der Waals surface area contributed by atoms with Crippen molar-refractivity contribution in [2.75, 3.05) is 19.6 Å². The Morgan fingerprint density at radius 3 is 2.54 bits per heavy atom. The van der Waals surface area contributed by atoms with E-state index < -0.39 is 0 Å². The molecule has 0 saturated carbocycles. The molecule has 3 nitrogen and oxygen atoms in total. The third-order valence-electron chi connectivity index (χ3n) is 4.64. The van der Waals surface area contributed by atoms with Gasteiger partial charge in [0.2, 0.25) is 0 Å². The van der Waals surface area contributed by atoms with Crippen molar-refractivity contribution < 1.29 is 4.79 Å². The van der Waals surface area contributed by atoms with Crippen LogP contribution in [0.15, 0.2) is 48.5 Å². The molecule has 1 heterocycles. The van der Waals surface area contributed by atoms with Crippen molar-refractivity contribution in [2.45, 2.75) is 13.3 Å². The van der Waals surface area contributed by atoms with Gasteiger partial charge in [-0.2, -0.15) is 0 Å². The first-order valence-electron chi connectivity index (χ1n) is 7.87. The van der Waals surface area contributed by atoms with E-state index in [1.165, 1.54) is 0 Å². The first kappa shape index (κ1) is 18.8. The van der Waals surface area contributed by atoms with Crippen LogP contribution in [-0.2, 0) is 0 Å². The molecule has 0 aliphatic carbocycles. The van der Waals surface area contributed by atoms with Crippen LogP contribution < -0.4 is 5.73 Å². The number of nitrogens with zero attached hydrogens (tertiary/aromatic N) is 1. The van der Waals surface area contributed by atoms with Crippen LogP contribution in [0.25, 0.3) is 11.1 Å². The van der Waals surface area contributed by atoms with Gasteiger partial charge in [0.15, 0.2) is 0 Å². The fourth-order valence-electron chi connectivity index (χ4n) is 3.03. The highest BCUT2D eigenvalue weighted by molar-refractivity contribution is 6.34. The molecule has 1 aliphatic rings. The van der Waals surface area contributed by atoms with Crippen molar-refractivity contribution in [3.05, 3.63) is 59.1 Å². The molecular weight excluding hydrogens is 343 g/mol. The molecule has 0 spiro atoms. The van der Waals surface area contributed by atoms with Crippen LogP contribution >= 0.6 is 24.0 Å². The zero-order chi connectivity index (χ0) is 16.4. The summed E-state index contributed by atoms with van der Waals surface area (Å²) in [7, 11) is 0. The number of hydrogen-bond donors (Lipinski definition) is 1. The Hall–Kier alpha value is -1.55. The van der Waals surface area contributed by atoms with Crippen LogP contribution in [0.4, 0.5) is 0 Å². The largest absolute Gasteiger partial charge is 0.338 e. The second kappa shape index (κ2) is 7.56. The summed E-state index contributed by atoms with van der Waals surface area (Å²) in [6.45, 7) is 4.14. The highest BCUT2D eigenvalue weighted by atomic mass is 35.5. The summed E-state index contributed by atoms with van der Waals surface area (Å²) < 4.78 is 0. The normalized spacial score (nSPS) is 19.9. The fraction of sp³-hybridized carbons (Fsp3) is 0.316. The van der Waals surface area contributed by atoms with Gasteiger partial charge < -0.3 is 10.6 Å². The quantitative estimate of drug-likeness (QED) is 0.884. The molecule has 1 fully saturated rings. The molecule has 3 rings (SSSR count). The minimum atomic E-state index is -0.00930. The van der Waals surface area contributed by atoms with Gasteiger partial charge in [-0.25, -0.2) is 0 Å². The fourth-order valence-corrected chi connectivity index (χ4v) is 3.23. The summed E-state index contributed by atoms with van der Waals surface area (Å²) in [6, 6.07) is 15.6. The SMILES string of the molecule is CC1(CN)CCN(C(=O)c2cc(-c3ccccc3)ccc2Cl)C1.Cl. The zero-order valence-corrected chi connectivity index (χ0v) is 15.2. The van der Waals surface area contributed by atoms with Gasteiger partial charge in [0.05, 0.1) is 10.6 Å². The Morgan fingerprint density at radius 2 is 1.92 bits per heavy atom. The number of benzene rings is 2. The third-order valence-corrected chi connectivity index (χ3v) is 4.97. The molecule has 1 unspecified atom stereocenters. The maximum Gasteiger partial charge on any atom is 0.255 e. The average Bonchev–Trinajstić information content (AvgIpc) is 2.99. The topological polar surface area (TPSA) is 46.3 Å². The molecule has 0 aromatic heterocycles. The second-order valence-corrected chi connectivity index (χ2v) is 6.96. The first-order chi connectivity index (χ1) is 11.0. The maximum absolute atomic E-state index is 12.9. The van der Waals surface area contributed by atoms with E-state index in [2.05, 4.69) is 6.92 Å². The predicted molar refractivity (Wildman–Crippen MR) is 102 cm³/mol. The van der Waals surface area contributed by atoms with Gasteiger partial charge in [0, 0.05) is 13.1 Å². The Labute approximate surface area is 154 Å². The summed E-state index contributed by atoms with van der Waals surface area (Å²) in [5.74, 6) is -0.00930. The smallest absolute Gasteiger partial charge is 0.255 e. The lowest BCUT2D eigenvalue weighted by Gasteiger charge is -2.23. The van der Waals surface area contributed by atoms with E-state index in [0.717, 1.165) is 24.1 Å². The van der Waals surface area contributed by atoms with E-state index in [4.69, 9.17) is 17.3 Å². The van der Waals surface area contributed by atoms with Crippen LogP contribution in [0.1, 0.15) is 23.7 Å². The van der Waals surface area contributed by atoms with E-state index in [9.17, 15) is 4.79 Å². The maximum atomic E-state index is 12.9. The lowest BCUT2D eigenvalue weighted by atomic mass is 9.90. The van der Waals surface area contributed by atoms with E-state index in [0.29, 0.717) is 23.7 Å². The lowest BCUT2D eigenvalue weighted by molar-refractivity contribution is 0.0777. The average molecular weight is 365 g/mol. The van der Waals surface area contributed by atoms with Crippen LogP contribution in [0, 0.1) is 5.41 Å². The lowest BCUT2D eigenvalue weighted by Crippen LogP contribution is -2.34. The summed E-state index contributed by atoms with van der Waals surface area (Å²) in [4.78, 5) is 14.7. The molecule has 2 aromatic rings. The van der Waals surface area contributed by atoms with Crippen molar-refractivity contribution in [2.24, 2.45) is 11.1 Å². The zero-order valence-electron chi connectivity index (χ0n) is 13.7. The minimum Gasteiger partial charge on any atom is -0.338 e. The number of amides is 1. The van der Waals surface area contributed by atoms with Crippen LogP contribution in [0.3, 0.4) is 0 Å². The summed E-state index contributed by atoms with van der Waals surface area (Å²) in [5.41, 5.74) is 8.49. The Kier molecular flexibility index (Phi) is 5.92. The molecule has 128 valence electrons. The molecule has 1 aliphatic heterocycles. The number of rotatable bonds is 3. The molecule has 0 radical (unpaired) electrons. The highest BCUT2D eigenvalue weighted by Crippen LogP contribution is 2.32. The number of carbonyl (C=O) groups is 1. The summed E-state index contributed by atoms with van der Waals surface area (Å²) in [6.07, 6.45) is 0.936. The van der Waals surface area contributed by atoms with Gasteiger partial charge in [-0.3, -0.25) is 4.79 Å². The molecule has 1 amide bonds. The summed E-state index contributed by atoms with van der Waals surface area (Å²) >= 11 is 6.29. The van der Waals surface area contributed by atoms with E-state index in [1.807, 2.05) is 47.4 Å². The van der Waals surface area contributed by atoms with Crippen molar-refractivity contribution in [3.8, 4) is 11.1 Å². The Morgan fingerprint density at radius 1 is 1.21 bits per heavy atom. The molecule has 0 bridgehead atoms. The monoisotopic (exact) mass is 364 g/mol. The molecule has 24 heavy (non-hydrogen) atoms. The molecule has 2 N–H and O–H groups in total. The van der Waals surface area contributed by atoms with Gasteiger partial charge >= 0.3 is 0 Å². The molecule has 2 aromatic carbocycles. The molecular formula is C19H22Cl2N2O. The summed E-state index contributed by atoms with van der Waals surface area (Å²) in [5, 5.41) is 0.496. The van der Waals surface area contributed by atoms with Crippen LogP contribution in [-0.4, -0.2) is 30.4 Å². The van der Waals surface area contributed by atoms with Gasteiger partial charge in [-0.15, -0.1) is 12.4 Å². The number of halogens is 2. The van der Waals surface area contributed by atoms with Crippen molar-refractivity contribution in [1.82, 2.24) is 4.90 Å². The Balaban J connectivity index is 0.00000208. The predicted octanol–water partition coefficient (Wildman–Crippen LogP) is 4.24. The van der Waals surface area contributed by atoms with Crippen LogP contribution in [0.5, 0.6) is 0 Å². The van der Waals surface area contributed by atoms with Crippen molar-refractivity contribution in [3.63, 3.8) is 0 Å². The van der Waals surface area contributed by atoms with Crippen molar-refractivity contribution in [1.29, 1.82) is 0 Å². The van der Waals surface area contributed by atoms with Gasteiger partial charge in [-0.1, -0.05) is 54.9 Å². The third kappa shape index (κ3) is 3.75. The number of hydrogen-bond acceptors (Lipinski definition) is 2. The second-order valence-electron chi connectivity index (χ2n) is 6.55. The van der Waals surface area contributed by atoms with Gasteiger partial charge in [0.1, 0.15) is 0 Å². The van der Waals surface area contributed by atoms with Crippen LogP contribution in [0.2, 0.25) is 5.02 Å². The number of likely N-dealkylation sites (tertiary alicyclic amines) is 1. The van der Waals surface area contributed by atoms with Gasteiger partial charge in [-0.05, 0) is 41.6 Å². The van der Waals surface area contributed by atoms with E-state index in [1.54, 1.807) is 6.07 Å². The van der Waals surface area contributed by atoms with Gasteiger partial charge in [0.25, 0.3) is 5.91 Å². The van der Waals surface area contributed by atoms with Crippen molar-refractivity contribution >= 4 is 29.9 Å². The molecule has 5 heteroatoms. The number of carbonyl (C=O) groups excluding carboxylic acids is 1. The Bertz CT molecular complexity index is 721. The van der Waals surface area contributed by atoms with E-state index in [-0.39, 0.29) is 23.7 Å². The standard InChI is InChI=1S/C19H21ClN2O.ClH/c1-19(12-21)9-10-22(13-19)18(23)16-11-15(7-8-17(16)20)14-5-3-2-4-6-14;/h2-8,11H,9-10,12-13,21H2,1H3;1H. The molecule has 1 atom stereocenters.